The van der Waals surface area contributed by atoms with Crippen LogP contribution in [-0.2, 0) is 6.54 Å². The Kier molecular flexibility index (Phi) is 3.22. The van der Waals surface area contributed by atoms with Crippen LogP contribution in [0.5, 0.6) is 0 Å². The number of likely N-dealkylation sites (tertiary alicyclic amines) is 1. The standard InChI is InChI=1S/C12H16N2O2/c13-12(16)11-4-2-1-3-9(11)7-14-6-5-10(15)8-14/h1-4,10,15H,5-8H2,(H2,13,16). The van der Waals surface area contributed by atoms with E-state index in [1.165, 1.54) is 0 Å². The minimum Gasteiger partial charge on any atom is -0.392 e. The summed E-state index contributed by atoms with van der Waals surface area (Å²) in [5, 5.41) is 9.42. The van der Waals surface area contributed by atoms with Crippen molar-refractivity contribution in [3.63, 3.8) is 0 Å². The van der Waals surface area contributed by atoms with Crippen LogP contribution < -0.4 is 5.73 Å². The second kappa shape index (κ2) is 4.63. The predicted octanol–water partition coefficient (Wildman–Crippen LogP) is 0.352. The maximum Gasteiger partial charge on any atom is 0.249 e. The molecule has 1 aliphatic heterocycles. The van der Waals surface area contributed by atoms with E-state index in [0.29, 0.717) is 18.7 Å². The summed E-state index contributed by atoms with van der Waals surface area (Å²) >= 11 is 0. The molecule has 16 heavy (non-hydrogen) atoms. The molecular weight excluding hydrogens is 204 g/mol. The molecule has 1 heterocycles. The maximum absolute atomic E-state index is 11.2. The van der Waals surface area contributed by atoms with Gasteiger partial charge in [-0.25, -0.2) is 0 Å². The number of β-amino-alcohol motifs (C(OH)–C–C–N with tert-alkyl or cyclic N) is 1. The molecule has 1 aromatic rings. The summed E-state index contributed by atoms with van der Waals surface area (Å²) in [5.74, 6) is -0.393. The number of aliphatic hydroxyl groups is 1. The van der Waals surface area contributed by atoms with Gasteiger partial charge in [-0.15, -0.1) is 0 Å². The first-order valence-electron chi connectivity index (χ1n) is 5.45. The lowest BCUT2D eigenvalue weighted by molar-refractivity contribution is 0.0998. The van der Waals surface area contributed by atoms with Gasteiger partial charge in [0.25, 0.3) is 0 Å². The van der Waals surface area contributed by atoms with Gasteiger partial charge in [0.15, 0.2) is 0 Å². The Labute approximate surface area is 94.7 Å². The van der Waals surface area contributed by atoms with Gasteiger partial charge in [0, 0.05) is 25.2 Å². The fraction of sp³-hybridized carbons (Fsp3) is 0.417. The van der Waals surface area contributed by atoms with E-state index < -0.39 is 5.91 Å². The molecule has 0 aliphatic carbocycles. The van der Waals surface area contributed by atoms with Crippen LogP contribution in [0.4, 0.5) is 0 Å². The van der Waals surface area contributed by atoms with Crippen LogP contribution >= 0.6 is 0 Å². The van der Waals surface area contributed by atoms with Crippen LogP contribution in [0.3, 0.4) is 0 Å². The lowest BCUT2D eigenvalue weighted by atomic mass is 10.1. The SMILES string of the molecule is NC(=O)c1ccccc1CN1CCC(O)C1. The van der Waals surface area contributed by atoms with Gasteiger partial charge >= 0.3 is 0 Å². The van der Waals surface area contributed by atoms with Gasteiger partial charge in [-0.1, -0.05) is 18.2 Å². The topological polar surface area (TPSA) is 66.6 Å². The second-order valence-electron chi connectivity index (χ2n) is 4.20. The monoisotopic (exact) mass is 220 g/mol. The number of carbonyl (C=O) groups excluding carboxylic acids is 1. The number of primary amides is 1. The summed E-state index contributed by atoms with van der Waals surface area (Å²) in [6.45, 7) is 2.22. The lowest BCUT2D eigenvalue weighted by Crippen LogP contribution is -2.23. The highest BCUT2D eigenvalue weighted by Gasteiger charge is 2.21. The summed E-state index contributed by atoms with van der Waals surface area (Å²) in [4.78, 5) is 13.3. The first kappa shape index (κ1) is 11.1. The normalized spacial score (nSPS) is 21.2. The molecule has 0 bridgehead atoms. The smallest absolute Gasteiger partial charge is 0.249 e. The Balaban J connectivity index is 2.12. The molecule has 86 valence electrons. The van der Waals surface area contributed by atoms with E-state index in [9.17, 15) is 9.90 Å². The highest BCUT2D eigenvalue weighted by atomic mass is 16.3. The number of rotatable bonds is 3. The maximum atomic E-state index is 11.2. The molecule has 1 saturated heterocycles. The van der Waals surface area contributed by atoms with Crippen LogP contribution in [0.1, 0.15) is 22.3 Å². The van der Waals surface area contributed by atoms with Gasteiger partial charge in [-0.2, -0.15) is 0 Å². The molecule has 1 aromatic carbocycles. The third kappa shape index (κ3) is 2.40. The van der Waals surface area contributed by atoms with Crippen molar-refractivity contribution in [1.82, 2.24) is 4.90 Å². The zero-order valence-corrected chi connectivity index (χ0v) is 9.10. The van der Waals surface area contributed by atoms with Gasteiger partial charge in [-0.3, -0.25) is 9.69 Å². The van der Waals surface area contributed by atoms with Crippen LogP contribution in [-0.4, -0.2) is 35.1 Å². The molecule has 1 atom stereocenters. The van der Waals surface area contributed by atoms with Gasteiger partial charge in [0.2, 0.25) is 5.91 Å². The van der Waals surface area contributed by atoms with Crippen LogP contribution in [0.25, 0.3) is 0 Å². The van der Waals surface area contributed by atoms with Crippen molar-refractivity contribution in [2.75, 3.05) is 13.1 Å². The first-order valence-corrected chi connectivity index (χ1v) is 5.45. The lowest BCUT2D eigenvalue weighted by Gasteiger charge is -2.16. The molecule has 0 radical (unpaired) electrons. The minimum absolute atomic E-state index is 0.235. The quantitative estimate of drug-likeness (QED) is 0.772. The summed E-state index contributed by atoms with van der Waals surface area (Å²) < 4.78 is 0. The summed E-state index contributed by atoms with van der Waals surface area (Å²) in [6, 6.07) is 7.35. The van der Waals surface area contributed by atoms with Crippen molar-refractivity contribution in [2.45, 2.75) is 19.1 Å². The van der Waals surface area contributed by atoms with E-state index in [-0.39, 0.29) is 6.10 Å². The number of carbonyl (C=O) groups is 1. The van der Waals surface area contributed by atoms with Gasteiger partial charge in [0.05, 0.1) is 6.10 Å². The molecule has 2 rings (SSSR count). The third-order valence-corrected chi connectivity index (χ3v) is 2.92. The summed E-state index contributed by atoms with van der Waals surface area (Å²) in [7, 11) is 0. The average Bonchev–Trinajstić information content (AvgIpc) is 2.64. The van der Waals surface area contributed by atoms with Crippen molar-refractivity contribution < 1.29 is 9.90 Å². The zero-order valence-electron chi connectivity index (χ0n) is 9.10. The molecule has 1 amide bonds. The Bertz CT molecular complexity index is 392. The molecule has 0 saturated carbocycles. The van der Waals surface area contributed by atoms with Crippen molar-refractivity contribution in [3.05, 3.63) is 35.4 Å². The highest BCUT2D eigenvalue weighted by Crippen LogP contribution is 2.16. The predicted molar refractivity (Wildman–Crippen MR) is 60.9 cm³/mol. The molecule has 0 aromatic heterocycles. The first-order chi connectivity index (χ1) is 7.66. The number of amides is 1. The van der Waals surface area contributed by atoms with Gasteiger partial charge in [-0.05, 0) is 18.1 Å². The second-order valence-corrected chi connectivity index (χ2v) is 4.20. The summed E-state index contributed by atoms with van der Waals surface area (Å²) in [5.41, 5.74) is 6.82. The molecule has 4 heteroatoms. The third-order valence-electron chi connectivity index (χ3n) is 2.92. The molecule has 4 nitrogen and oxygen atoms in total. The van der Waals surface area contributed by atoms with Gasteiger partial charge < -0.3 is 10.8 Å². The Morgan fingerprint density at radius 2 is 2.25 bits per heavy atom. The van der Waals surface area contributed by atoms with E-state index in [4.69, 9.17) is 5.73 Å². The fourth-order valence-electron chi connectivity index (χ4n) is 2.10. The zero-order chi connectivity index (χ0) is 11.5. The largest absolute Gasteiger partial charge is 0.392 e. The van der Waals surface area contributed by atoms with Crippen molar-refractivity contribution >= 4 is 5.91 Å². The number of nitrogens with zero attached hydrogens (tertiary/aromatic N) is 1. The molecule has 1 unspecified atom stereocenters. The molecular formula is C12H16N2O2. The number of nitrogens with two attached hydrogens (primary N) is 1. The molecule has 1 aliphatic rings. The highest BCUT2D eigenvalue weighted by molar-refractivity contribution is 5.94. The van der Waals surface area contributed by atoms with E-state index in [2.05, 4.69) is 4.90 Å². The summed E-state index contributed by atoms with van der Waals surface area (Å²) in [6.07, 6.45) is 0.569. The fourth-order valence-corrected chi connectivity index (χ4v) is 2.10. The average molecular weight is 220 g/mol. The van der Waals surface area contributed by atoms with Crippen LogP contribution in [0.15, 0.2) is 24.3 Å². The number of aliphatic hydroxyl groups excluding tert-OH is 1. The van der Waals surface area contributed by atoms with Crippen molar-refractivity contribution in [3.8, 4) is 0 Å². The van der Waals surface area contributed by atoms with Crippen LogP contribution in [0, 0.1) is 0 Å². The molecule has 3 N–H and O–H groups in total. The molecule has 1 fully saturated rings. The minimum atomic E-state index is -0.393. The van der Waals surface area contributed by atoms with E-state index in [1.807, 2.05) is 18.2 Å². The Hall–Kier alpha value is -1.39. The van der Waals surface area contributed by atoms with Crippen molar-refractivity contribution in [2.24, 2.45) is 5.73 Å². The Morgan fingerprint density at radius 3 is 2.88 bits per heavy atom. The van der Waals surface area contributed by atoms with Crippen LogP contribution in [0.2, 0.25) is 0 Å². The number of hydrogen-bond donors (Lipinski definition) is 2. The molecule has 0 spiro atoms. The van der Waals surface area contributed by atoms with Gasteiger partial charge in [0.1, 0.15) is 0 Å². The van der Waals surface area contributed by atoms with Crippen molar-refractivity contribution in [1.29, 1.82) is 0 Å². The van der Waals surface area contributed by atoms with E-state index in [1.54, 1.807) is 6.07 Å². The number of hydrogen-bond acceptors (Lipinski definition) is 3. The van der Waals surface area contributed by atoms with E-state index in [0.717, 1.165) is 18.5 Å². The van der Waals surface area contributed by atoms with E-state index >= 15 is 0 Å². The Morgan fingerprint density at radius 1 is 1.50 bits per heavy atom. The number of benzene rings is 1.